The number of nitrogens with one attached hydrogen (secondary N) is 1. The number of hydrogen-bond acceptors (Lipinski definition) is 3. The van der Waals surface area contributed by atoms with E-state index < -0.39 is 0 Å². The highest BCUT2D eigenvalue weighted by molar-refractivity contribution is 7.12. The second-order valence-corrected chi connectivity index (χ2v) is 7.66. The lowest BCUT2D eigenvalue weighted by Gasteiger charge is -2.14. The van der Waals surface area contributed by atoms with E-state index in [1.807, 2.05) is 11.3 Å². The van der Waals surface area contributed by atoms with Crippen LogP contribution in [0.3, 0.4) is 0 Å². The van der Waals surface area contributed by atoms with E-state index in [2.05, 4.69) is 39.9 Å². The lowest BCUT2D eigenvalue weighted by molar-refractivity contribution is 0.543. The summed E-state index contributed by atoms with van der Waals surface area (Å²) in [6.07, 6.45) is 4.24. The second-order valence-electron chi connectivity index (χ2n) is 6.63. The first-order chi connectivity index (χ1) is 8.38. The molecule has 0 aliphatic heterocycles. The third-order valence-corrected chi connectivity index (χ3v) is 5.33. The lowest BCUT2D eigenvalue weighted by Crippen LogP contribution is -2.20. The maximum atomic E-state index is 4.74. The predicted octanol–water partition coefficient (Wildman–Crippen LogP) is 4.20. The van der Waals surface area contributed by atoms with Gasteiger partial charge in [-0.15, -0.1) is 11.3 Å². The van der Waals surface area contributed by atoms with E-state index in [1.54, 1.807) is 0 Å². The van der Waals surface area contributed by atoms with Crippen molar-refractivity contribution < 1.29 is 0 Å². The van der Waals surface area contributed by atoms with Crippen molar-refractivity contribution in [1.29, 1.82) is 0 Å². The average molecular weight is 266 g/mol. The predicted molar refractivity (Wildman–Crippen MR) is 79.3 cm³/mol. The average Bonchev–Trinajstić information content (AvgIpc) is 2.98. The van der Waals surface area contributed by atoms with Crippen molar-refractivity contribution in [3.05, 3.63) is 15.6 Å². The molecule has 2 nitrogen and oxygen atoms in total. The fourth-order valence-corrected chi connectivity index (χ4v) is 3.28. The van der Waals surface area contributed by atoms with Crippen LogP contribution in [0, 0.1) is 12.8 Å². The summed E-state index contributed by atoms with van der Waals surface area (Å²) in [6, 6.07) is 0.442. The van der Waals surface area contributed by atoms with Crippen molar-refractivity contribution in [2.45, 2.75) is 65.3 Å². The molecule has 102 valence electrons. The van der Waals surface area contributed by atoms with Crippen molar-refractivity contribution in [3.63, 3.8) is 0 Å². The van der Waals surface area contributed by atoms with E-state index in [9.17, 15) is 0 Å². The molecule has 1 aliphatic carbocycles. The van der Waals surface area contributed by atoms with Gasteiger partial charge in [0.1, 0.15) is 0 Å². The summed E-state index contributed by atoms with van der Waals surface area (Å²) in [5.74, 6) is 1.01. The second kappa shape index (κ2) is 5.30. The normalized spacial score (nSPS) is 18.1. The maximum absolute atomic E-state index is 4.74. The molecule has 1 N–H and O–H groups in total. The summed E-state index contributed by atoms with van der Waals surface area (Å²) in [4.78, 5) is 6.15. The van der Waals surface area contributed by atoms with Gasteiger partial charge in [-0.25, -0.2) is 4.98 Å². The Hall–Kier alpha value is -0.410. The van der Waals surface area contributed by atoms with Gasteiger partial charge in [0.25, 0.3) is 0 Å². The monoisotopic (exact) mass is 266 g/mol. The SMILES string of the molecule is Cc1nc(C(C)(C)C)sc1C(C)NCCC1CC1. The van der Waals surface area contributed by atoms with Crippen LogP contribution >= 0.6 is 11.3 Å². The zero-order valence-corrected chi connectivity index (χ0v) is 13.2. The van der Waals surface area contributed by atoms with E-state index >= 15 is 0 Å². The molecular formula is C15H26N2S. The first-order valence-electron chi connectivity index (χ1n) is 7.09. The maximum Gasteiger partial charge on any atom is 0.0985 e. The quantitative estimate of drug-likeness (QED) is 0.864. The molecule has 1 saturated carbocycles. The van der Waals surface area contributed by atoms with Gasteiger partial charge in [0.05, 0.1) is 10.7 Å². The van der Waals surface area contributed by atoms with Crippen molar-refractivity contribution in [1.82, 2.24) is 10.3 Å². The highest BCUT2D eigenvalue weighted by Gasteiger charge is 2.23. The molecule has 1 heterocycles. The van der Waals surface area contributed by atoms with Gasteiger partial charge in [-0.05, 0) is 32.7 Å². The van der Waals surface area contributed by atoms with E-state index in [-0.39, 0.29) is 5.41 Å². The summed E-state index contributed by atoms with van der Waals surface area (Å²) < 4.78 is 0. The smallest absolute Gasteiger partial charge is 0.0985 e. The standard InChI is InChI=1S/C15H26N2S/c1-10(16-9-8-12-6-7-12)13-11(2)17-14(18-13)15(3,4)5/h10,12,16H,6-9H2,1-5H3. The summed E-state index contributed by atoms with van der Waals surface area (Å²) in [5.41, 5.74) is 1.37. The van der Waals surface area contributed by atoms with Crippen LogP contribution in [0.1, 0.15) is 68.6 Å². The van der Waals surface area contributed by atoms with Gasteiger partial charge in [0.2, 0.25) is 0 Å². The minimum absolute atomic E-state index is 0.168. The minimum Gasteiger partial charge on any atom is -0.309 e. The van der Waals surface area contributed by atoms with Gasteiger partial charge in [0, 0.05) is 16.3 Å². The van der Waals surface area contributed by atoms with Gasteiger partial charge in [-0.1, -0.05) is 33.6 Å². The molecule has 1 fully saturated rings. The molecule has 3 heteroatoms. The van der Waals surface area contributed by atoms with E-state index in [0.29, 0.717) is 6.04 Å². The fraction of sp³-hybridized carbons (Fsp3) is 0.800. The van der Waals surface area contributed by atoms with Crippen molar-refractivity contribution >= 4 is 11.3 Å². The Balaban J connectivity index is 1.95. The van der Waals surface area contributed by atoms with Crippen LogP contribution in [0.4, 0.5) is 0 Å². The molecule has 1 aromatic heterocycles. The zero-order chi connectivity index (χ0) is 13.3. The Morgan fingerprint density at radius 3 is 2.56 bits per heavy atom. The van der Waals surface area contributed by atoms with E-state index in [0.717, 1.165) is 12.5 Å². The van der Waals surface area contributed by atoms with Crippen molar-refractivity contribution in [2.24, 2.45) is 5.92 Å². The molecule has 0 aromatic carbocycles. The number of thiazole rings is 1. The van der Waals surface area contributed by atoms with Crippen LogP contribution in [-0.4, -0.2) is 11.5 Å². The lowest BCUT2D eigenvalue weighted by atomic mass is 9.98. The molecule has 0 bridgehead atoms. The van der Waals surface area contributed by atoms with E-state index in [4.69, 9.17) is 4.98 Å². The topological polar surface area (TPSA) is 24.9 Å². The Morgan fingerprint density at radius 2 is 2.06 bits per heavy atom. The molecule has 1 aromatic rings. The molecule has 0 radical (unpaired) electrons. The number of aryl methyl sites for hydroxylation is 1. The van der Waals surface area contributed by atoms with Gasteiger partial charge < -0.3 is 5.32 Å². The number of aromatic nitrogens is 1. The number of nitrogens with zero attached hydrogens (tertiary/aromatic N) is 1. The third kappa shape index (κ3) is 3.55. The Bertz CT molecular complexity index is 399. The van der Waals surface area contributed by atoms with Gasteiger partial charge in [-0.2, -0.15) is 0 Å². The van der Waals surface area contributed by atoms with Gasteiger partial charge >= 0.3 is 0 Å². The van der Waals surface area contributed by atoms with Crippen LogP contribution in [0.25, 0.3) is 0 Å². The Labute approximate surface area is 115 Å². The summed E-state index contributed by atoms with van der Waals surface area (Å²) in [6.45, 7) is 12.3. The summed E-state index contributed by atoms with van der Waals surface area (Å²) in [5, 5.41) is 4.90. The minimum atomic E-state index is 0.168. The van der Waals surface area contributed by atoms with Gasteiger partial charge in [0.15, 0.2) is 0 Å². The number of hydrogen-bond donors (Lipinski definition) is 1. The van der Waals surface area contributed by atoms with Crippen LogP contribution < -0.4 is 5.32 Å². The van der Waals surface area contributed by atoms with Crippen LogP contribution in [0.2, 0.25) is 0 Å². The van der Waals surface area contributed by atoms with Crippen molar-refractivity contribution in [2.75, 3.05) is 6.54 Å². The van der Waals surface area contributed by atoms with Crippen molar-refractivity contribution in [3.8, 4) is 0 Å². The third-order valence-electron chi connectivity index (χ3n) is 3.57. The fourth-order valence-electron chi connectivity index (χ4n) is 2.13. The largest absolute Gasteiger partial charge is 0.309 e. The first kappa shape index (κ1) is 14.0. The molecule has 18 heavy (non-hydrogen) atoms. The molecule has 1 aliphatic rings. The molecule has 0 spiro atoms. The highest BCUT2D eigenvalue weighted by Crippen LogP contribution is 2.34. The molecular weight excluding hydrogens is 240 g/mol. The van der Waals surface area contributed by atoms with Gasteiger partial charge in [-0.3, -0.25) is 0 Å². The molecule has 2 rings (SSSR count). The molecule has 1 unspecified atom stereocenters. The molecule has 1 atom stereocenters. The number of rotatable bonds is 5. The zero-order valence-electron chi connectivity index (χ0n) is 12.3. The highest BCUT2D eigenvalue weighted by atomic mass is 32.1. The Kier molecular flexibility index (Phi) is 4.12. The molecule has 0 amide bonds. The Morgan fingerprint density at radius 1 is 1.39 bits per heavy atom. The summed E-state index contributed by atoms with van der Waals surface area (Å²) >= 11 is 1.88. The first-order valence-corrected chi connectivity index (χ1v) is 7.90. The summed E-state index contributed by atoms with van der Waals surface area (Å²) in [7, 11) is 0. The van der Waals surface area contributed by atoms with Crippen LogP contribution in [0.15, 0.2) is 0 Å². The van der Waals surface area contributed by atoms with E-state index in [1.165, 1.54) is 34.8 Å². The van der Waals surface area contributed by atoms with Crippen LogP contribution in [-0.2, 0) is 5.41 Å². The van der Waals surface area contributed by atoms with Crippen LogP contribution in [0.5, 0.6) is 0 Å². The molecule has 0 saturated heterocycles.